The number of nitriles is 1. The molecule has 0 N–H and O–H groups in total. The Kier molecular flexibility index (Phi) is 43.8. The van der Waals surface area contributed by atoms with E-state index in [0.29, 0.717) is 25.1 Å². The van der Waals surface area contributed by atoms with Crippen LogP contribution in [0.3, 0.4) is 0 Å². The van der Waals surface area contributed by atoms with Crippen molar-refractivity contribution in [3.8, 4) is 23.3 Å². The number of pyridine rings is 3. The minimum atomic E-state index is -0.659. The Morgan fingerprint density at radius 3 is 1.66 bits per heavy atom. The van der Waals surface area contributed by atoms with Crippen LogP contribution in [-0.2, 0) is 27.4 Å². The van der Waals surface area contributed by atoms with Crippen molar-refractivity contribution in [3.63, 3.8) is 0 Å². The largest absolute Gasteiger partial charge is 0.513 e. The summed E-state index contributed by atoms with van der Waals surface area (Å²) in [6.07, 6.45) is 13.2. The highest BCUT2D eigenvalue weighted by atomic mass is 32.1. The van der Waals surface area contributed by atoms with Crippen molar-refractivity contribution in [2.75, 3.05) is 52.7 Å². The van der Waals surface area contributed by atoms with E-state index >= 15 is 0 Å². The molecular formula is C86H103N7O7S2. The lowest BCUT2D eigenvalue weighted by atomic mass is 10.1. The SMILES string of the molecule is CC1=NCc2ccccc21.CC1CCCO1.CCOC(=O)Oc1cccc(C)c1.Cc1ccc(C#N)cc1.Cc1ccc(OCCN2CCOCC2)cc1.Cc1ccc(OCc2ccccc2)cc1.Cc1ccccn1.Cc1cccnc1.Cc1cccs1.Cc1ccncc1.Cc1nccs1. The van der Waals surface area contributed by atoms with Crippen molar-refractivity contribution in [2.24, 2.45) is 4.99 Å². The first-order valence-electron chi connectivity index (χ1n) is 34.3. The molecule has 0 bridgehead atoms. The first kappa shape index (κ1) is 84.4. The van der Waals surface area contributed by atoms with Gasteiger partial charge in [-0.15, -0.1) is 22.7 Å². The number of thiazole rings is 1. The number of carbonyl (C=O) groups excluding carboxylic acids is 1. The van der Waals surface area contributed by atoms with Gasteiger partial charge < -0.3 is 28.4 Å². The van der Waals surface area contributed by atoms with Gasteiger partial charge in [0.2, 0.25) is 0 Å². The Morgan fingerprint density at radius 1 is 0.569 bits per heavy atom. The molecule has 1 unspecified atom stereocenters. The van der Waals surface area contributed by atoms with Crippen LogP contribution in [0.25, 0.3) is 0 Å². The summed E-state index contributed by atoms with van der Waals surface area (Å²) in [7, 11) is 0. The lowest BCUT2D eigenvalue weighted by molar-refractivity contribution is 0.0322. The van der Waals surface area contributed by atoms with Crippen LogP contribution in [0.15, 0.2) is 259 Å². The molecule has 11 aromatic rings. The molecule has 2 saturated heterocycles. The third-order valence-corrected chi connectivity index (χ3v) is 15.9. The second-order valence-electron chi connectivity index (χ2n) is 23.5. The third kappa shape index (κ3) is 41.5. The molecular weight excluding hydrogens is 1310 g/mol. The van der Waals surface area contributed by atoms with Crippen LogP contribution >= 0.6 is 22.7 Å². The number of hydrogen-bond donors (Lipinski definition) is 0. The zero-order valence-electron chi connectivity index (χ0n) is 61.6. The summed E-state index contributed by atoms with van der Waals surface area (Å²) in [4.78, 5) is 34.6. The van der Waals surface area contributed by atoms with E-state index < -0.39 is 6.16 Å². The second-order valence-corrected chi connectivity index (χ2v) is 25.7. The van der Waals surface area contributed by atoms with Gasteiger partial charge >= 0.3 is 6.16 Å². The number of carbonyl (C=O) groups is 1. The molecule has 0 spiro atoms. The summed E-state index contributed by atoms with van der Waals surface area (Å²) >= 11 is 3.44. The van der Waals surface area contributed by atoms with Crippen LogP contribution in [0.1, 0.15) is 105 Å². The number of ether oxygens (including phenoxy) is 6. The summed E-state index contributed by atoms with van der Waals surface area (Å²) in [5.41, 5.74) is 14.1. The van der Waals surface area contributed by atoms with Gasteiger partial charge in [0, 0.05) is 90.6 Å². The van der Waals surface area contributed by atoms with Crippen LogP contribution in [0.4, 0.5) is 4.79 Å². The molecule has 8 heterocycles. The summed E-state index contributed by atoms with van der Waals surface area (Å²) in [6.45, 7) is 32.4. The number of morpholine rings is 1. The minimum absolute atomic E-state index is 0.324. The quantitative estimate of drug-likeness (QED) is 0.0992. The summed E-state index contributed by atoms with van der Waals surface area (Å²) < 4.78 is 31.3. The number of hydrogen-bond acceptors (Lipinski definition) is 16. The fraction of sp³-hybridized carbons (Fsp3) is 0.291. The van der Waals surface area contributed by atoms with Crippen LogP contribution in [0, 0.1) is 73.6 Å². The van der Waals surface area contributed by atoms with E-state index in [0.717, 1.165) is 85.9 Å². The highest BCUT2D eigenvalue weighted by Gasteiger charge is 2.11. The Morgan fingerprint density at radius 2 is 1.21 bits per heavy atom. The molecule has 0 saturated carbocycles. The Labute approximate surface area is 615 Å². The number of nitrogens with zero attached hydrogens (tertiary/aromatic N) is 7. The van der Waals surface area contributed by atoms with Gasteiger partial charge in [0.25, 0.3) is 0 Å². The van der Waals surface area contributed by atoms with Gasteiger partial charge in [-0.05, 0) is 214 Å². The highest BCUT2D eigenvalue weighted by Crippen LogP contribution is 2.19. The number of benzene rings is 6. The van der Waals surface area contributed by atoms with Gasteiger partial charge in [-0.2, -0.15) is 5.26 Å². The number of aryl methyl sites for hydroxylation is 9. The number of fused-ring (bicyclic) bond motifs is 1. The summed E-state index contributed by atoms with van der Waals surface area (Å²) in [5.74, 6) is 2.39. The molecule has 5 aromatic heterocycles. The molecule has 1 atom stereocenters. The molecule has 2 fully saturated rings. The number of rotatable bonds is 9. The van der Waals surface area contributed by atoms with E-state index in [-0.39, 0.29) is 0 Å². The molecule has 3 aliphatic rings. The Bertz CT molecular complexity index is 3810. The highest BCUT2D eigenvalue weighted by molar-refractivity contribution is 7.09. The topological polar surface area (TPSA) is 163 Å². The van der Waals surface area contributed by atoms with E-state index in [4.69, 9.17) is 28.9 Å². The predicted molar refractivity (Wildman–Crippen MR) is 420 cm³/mol. The molecule has 16 heteroatoms. The first-order chi connectivity index (χ1) is 49.5. The fourth-order valence-corrected chi connectivity index (χ4v) is 9.66. The van der Waals surface area contributed by atoms with Gasteiger partial charge in [0.05, 0.1) is 49.1 Å². The van der Waals surface area contributed by atoms with Crippen molar-refractivity contribution in [1.29, 1.82) is 5.26 Å². The maximum absolute atomic E-state index is 10.9. The number of aliphatic imine (C=N–C) groups is 1. The van der Waals surface area contributed by atoms with Gasteiger partial charge in [-0.3, -0.25) is 29.8 Å². The van der Waals surface area contributed by atoms with Crippen LogP contribution in [0.2, 0.25) is 0 Å². The molecule has 3 aliphatic heterocycles. The zero-order valence-corrected chi connectivity index (χ0v) is 63.2. The van der Waals surface area contributed by atoms with Crippen molar-refractivity contribution in [3.05, 3.63) is 325 Å². The molecule has 14 rings (SSSR count). The lowest BCUT2D eigenvalue weighted by Gasteiger charge is -2.26. The summed E-state index contributed by atoms with van der Waals surface area (Å²) in [6, 6.07) is 69.5. The number of aromatic nitrogens is 4. The minimum Gasteiger partial charge on any atom is -0.492 e. The lowest BCUT2D eigenvalue weighted by Crippen LogP contribution is -2.38. The van der Waals surface area contributed by atoms with Gasteiger partial charge in [-0.25, -0.2) is 4.79 Å². The van der Waals surface area contributed by atoms with Crippen molar-refractivity contribution in [2.45, 2.75) is 115 Å². The monoisotopic (exact) mass is 1410 g/mol. The number of thiophene rings is 1. The average Bonchev–Trinajstić information content (AvgIpc) is 1.71. The molecule has 14 nitrogen and oxygen atoms in total. The maximum atomic E-state index is 10.9. The Hall–Kier alpha value is -9.99. The standard InChI is InChI=1S/C14H14O.C13H19NO2.C10H12O3.C9H9N.C8H7N.3C6H7N.C5H10O.C5H6S.C4H5NS/c1-12-7-9-14(10-8-12)15-11-13-5-3-2-4-6-13;1-12-2-4-13(5-3-12)16-11-8-14-6-9-15-10-7-14;1-3-12-10(11)13-9-6-4-5-8(2)7-9;1-7-9-5-3-2-4-8(9)6-10-7;1-7-2-4-8(6-9)5-3-7;1-6-2-4-7-5-3-6;1-6-3-2-4-7-5-6;1-6-4-2-3-5-7-6;2*1-5-3-2-4-6-5;1-4-5-2-3-6-4/h2-10H,11H2,1H3;2-5H,6-11H2,1H3;4-7H,3H2,1-2H3;2-5H,6H2,1H3;2-5H,1H3;3*2-5H,1H3;5H,2-4H2,1H3;2-4H,1H3;2-3H,1H3. The molecule has 536 valence electrons. The average molecular weight is 1410 g/mol. The van der Waals surface area contributed by atoms with Crippen molar-refractivity contribution in [1.82, 2.24) is 24.8 Å². The van der Waals surface area contributed by atoms with Crippen molar-refractivity contribution >= 4 is 34.5 Å². The normalized spacial score (nSPS) is 12.4. The van der Waals surface area contributed by atoms with Crippen LogP contribution in [0.5, 0.6) is 17.2 Å². The van der Waals surface area contributed by atoms with Gasteiger partial charge in [0.15, 0.2) is 0 Å². The zero-order chi connectivity index (χ0) is 73.6. The van der Waals surface area contributed by atoms with Crippen molar-refractivity contribution < 1.29 is 33.2 Å². The van der Waals surface area contributed by atoms with Crippen LogP contribution < -0.4 is 14.2 Å². The van der Waals surface area contributed by atoms with Gasteiger partial charge in [-0.1, -0.05) is 138 Å². The Balaban J connectivity index is 0.000000242. The van der Waals surface area contributed by atoms with Gasteiger partial charge in [0.1, 0.15) is 30.5 Å². The molecule has 0 aliphatic carbocycles. The van der Waals surface area contributed by atoms with E-state index in [1.807, 2.05) is 174 Å². The smallest absolute Gasteiger partial charge is 0.492 e. The molecule has 6 aromatic carbocycles. The van der Waals surface area contributed by atoms with Crippen LogP contribution in [-0.4, -0.2) is 95.5 Å². The maximum Gasteiger partial charge on any atom is 0.513 e. The van der Waals surface area contributed by atoms with E-state index in [9.17, 15) is 4.79 Å². The second kappa shape index (κ2) is 52.9. The molecule has 0 radical (unpaired) electrons. The third-order valence-electron chi connectivity index (χ3n) is 14.4. The summed E-state index contributed by atoms with van der Waals surface area (Å²) in [5, 5.41) is 13.6. The van der Waals surface area contributed by atoms with E-state index in [1.165, 1.54) is 67.9 Å². The fourth-order valence-electron chi connectivity index (χ4n) is 8.69. The molecule has 102 heavy (non-hydrogen) atoms. The van der Waals surface area contributed by atoms with E-state index in [2.05, 4.69) is 153 Å². The predicted octanol–water partition coefficient (Wildman–Crippen LogP) is 20.5. The molecule has 0 amide bonds. The first-order valence-corrected chi connectivity index (χ1v) is 36.0. The van der Waals surface area contributed by atoms with E-state index in [1.54, 1.807) is 72.7 Å².